The Hall–Kier alpha value is -0.230. The highest BCUT2D eigenvalue weighted by Crippen LogP contribution is 2.27. The summed E-state index contributed by atoms with van der Waals surface area (Å²) in [6.07, 6.45) is 0. The van der Waals surface area contributed by atoms with Crippen molar-refractivity contribution in [1.29, 1.82) is 0 Å². The topological polar surface area (TPSA) is 37.4 Å². The van der Waals surface area contributed by atoms with Gasteiger partial charge in [-0.25, -0.2) is 4.39 Å². The molecular formula is C4H7F2NO2S. The van der Waals surface area contributed by atoms with E-state index in [2.05, 4.69) is 0 Å². The van der Waals surface area contributed by atoms with E-state index in [1.807, 2.05) is 0 Å². The summed E-state index contributed by atoms with van der Waals surface area (Å²) < 4.78 is 44.9. The van der Waals surface area contributed by atoms with Crippen LogP contribution in [0.1, 0.15) is 6.92 Å². The summed E-state index contributed by atoms with van der Waals surface area (Å²) in [7, 11) is -4.64. The summed E-state index contributed by atoms with van der Waals surface area (Å²) in [5.41, 5.74) is -1.54. The van der Waals surface area contributed by atoms with Gasteiger partial charge in [0.25, 0.3) is 0 Å². The molecule has 1 aliphatic rings. The van der Waals surface area contributed by atoms with E-state index in [-0.39, 0.29) is 13.1 Å². The molecule has 1 fully saturated rings. The zero-order valence-electron chi connectivity index (χ0n) is 5.34. The highest BCUT2D eigenvalue weighted by Gasteiger charge is 2.45. The van der Waals surface area contributed by atoms with E-state index in [1.54, 1.807) is 0 Å². The largest absolute Gasteiger partial charge is 0.374 e. The van der Waals surface area contributed by atoms with E-state index in [0.29, 0.717) is 4.31 Å². The van der Waals surface area contributed by atoms with Gasteiger partial charge in [0, 0.05) is 0 Å². The number of alkyl halides is 1. The maximum absolute atomic E-state index is 12.5. The molecule has 0 aromatic carbocycles. The fraction of sp³-hybridized carbons (Fsp3) is 1.00. The molecule has 6 heteroatoms. The quantitative estimate of drug-likeness (QED) is 0.530. The van der Waals surface area contributed by atoms with E-state index in [1.165, 1.54) is 6.92 Å². The number of nitrogens with zero attached hydrogens (tertiary/aromatic N) is 1. The minimum Gasteiger partial charge on any atom is -0.241 e. The Kier molecular flexibility index (Phi) is 1.48. The third kappa shape index (κ3) is 1.43. The standard InChI is InChI=1S/C4H7F2NO2S/c1-4(5)2-7(3-4)10(6,8)9/h2-3H2,1H3. The van der Waals surface area contributed by atoms with Crippen molar-refractivity contribution in [2.45, 2.75) is 12.6 Å². The van der Waals surface area contributed by atoms with Crippen molar-refractivity contribution in [2.75, 3.05) is 13.1 Å². The normalized spacial score (nSPS) is 25.9. The average Bonchev–Trinajstić information content (AvgIpc) is 1.56. The van der Waals surface area contributed by atoms with Gasteiger partial charge >= 0.3 is 10.4 Å². The minimum atomic E-state index is -4.64. The summed E-state index contributed by atoms with van der Waals surface area (Å²) >= 11 is 0. The highest BCUT2D eigenvalue weighted by molar-refractivity contribution is 7.84. The van der Waals surface area contributed by atoms with Crippen LogP contribution in [0.4, 0.5) is 8.28 Å². The first-order chi connectivity index (χ1) is 4.31. The molecule has 1 saturated heterocycles. The third-order valence-corrected chi connectivity index (χ3v) is 2.20. The van der Waals surface area contributed by atoms with Gasteiger partial charge in [0.1, 0.15) is 5.67 Å². The Balaban J connectivity index is 2.57. The van der Waals surface area contributed by atoms with Gasteiger partial charge in [-0.05, 0) is 6.92 Å². The third-order valence-electron chi connectivity index (χ3n) is 1.32. The molecule has 0 aliphatic carbocycles. The van der Waals surface area contributed by atoms with Crippen LogP contribution in [-0.2, 0) is 10.4 Å². The molecule has 0 radical (unpaired) electrons. The second kappa shape index (κ2) is 1.88. The number of hydrogen-bond donors (Lipinski definition) is 0. The van der Waals surface area contributed by atoms with Gasteiger partial charge in [-0.15, -0.1) is 0 Å². The molecule has 3 nitrogen and oxygen atoms in total. The lowest BCUT2D eigenvalue weighted by atomic mass is 10.0. The van der Waals surface area contributed by atoms with Gasteiger partial charge < -0.3 is 0 Å². The van der Waals surface area contributed by atoms with Crippen molar-refractivity contribution in [3.8, 4) is 0 Å². The first-order valence-corrected chi connectivity index (χ1v) is 4.04. The zero-order chi connectivity index (χ0) is 7.99. The predicted octanol–water partition coefficient (Wildman–Crippen LogP) is 0.245. The molecule has 1 rings (SSSR count). The number of hydrogen-bond acceptors (Lipinski definition) is 2. The first kappa shape index (κ1) is 7.87. The smallest absolute Gasteiger partial charge is 0.241 e. The molecule has 60 valence electrons. The lowest BCUT2D eigenvalue weighted by Gasteiger charge is -2.38. The summed E-state index contributed by atoms with van der Waals surface area (Å²) in [6, 6.07) is 0. The van der Waals surface area contributed by atoms with Crippen LogP contribution in [-0.4, -0.2) is 31.5 Å². The maximum atomic E-state index is 12.5. The van der Waals surface area contributed by atoms with Gasteiger partial charge in [0.2, 0.25) is 0 Å². The Bertz CT molecular complexity index is 228. The van der Waals surface area contributed by atoms with Gasteiger partial charge in [-0.3, -0.25) is 0 Å². The van der Waals surface area contributed by atoms with Crippen molar-refractivity contribution in [2.24, 2.45) is 0 Å². The van der Waals surface area contributed by atoms with Crippen LogP contribution in [0.2, 0.25) is 0 Å². The van der Waals surface area contributed by atoms with Gasteiger partial charge in [0.15, 0.2) is 0 Å². The fourth-order valence-electron chi connectivity index (χ4n) is 0.843. The predicted molar refractivity (Wildman–Crippen MR) is 31.1 cm³/mol. The highest BCUT2D eigenvalue weighted by atomic mass is 32.3. The van der Waals surface area contributed by atoms with Crippen LogP contribution in [0, 0.1) is 0 Å². The number of rotatable bonds is 1. The SMILES string of the molecule is CC1(F)CN(S(=O)(=O)F)C1. The van der Waals surface area contributed by atoms with Crippen molar-refractivity contribution >= 4 is 10.4 Å². The first-order valence-electron chi connectivity index (χ1n) is 2.70. The Morgan fingerprint density at radius 3 is 2.00 bits per heavy atom. The van der Waals surface area contributed by atoms with Crippen LogP contribution in [0.15, 0.2) is 0 Å². The lowest BCUT2D eigenvalue weighted by Crippen LogP contribution is -2.58. The van der Waals surface area contributed by atoms with E-state index in [9.17, 15) is 16.7 Å². The van der Waals surface area contributed by atoms with Gasteiger partial charge in [0.05, 0.1) is 13.1 Å². The van der Waals surface area contributed by atoms with E-state index in [4.69, 9.17) is 0 Å². The van der Waals surface area contributed by atoms with E-state index >= 15 is 0 Å². The molecular weight excluding hydrogens is 164 g/mol. The van der Waals surface area contributed by atoms with Crippen molar-refractivity contribution < 1.29 is 16.7 Å². The van der Waals surface area contributed by atoms with Crippen LogP contribution in [0.5, 0.6) is 0 Å². The Labute approximate surface area is 58.0 Å². The van der Waals surface area contributed by atoms with E-state index in [0.717, 1.165) is 0 Å². The monoisotopic (exact) mass is 171 g/mol. The molecule has 1 aliphatic heterocycles. The summed E-state index contributed by atoms with van der Waals surface area (Å²) in [4.78, 5) is 0. The summed E-state index contributed by atoms with van der Waals surface area (Å²) in [5.74, 6) is 0. The zero-order valence-corrected chi connectivity index (χ0v) is 6.16. The second-order valence-electron chi connectivity index (χ2n) is 2.62. The van der Waals surface area contributed by atoms with Crippen LogP contribution in [0.3, 0.4) is 0 Å². The van der Waals surface area contributed by atoms with E-state index < -0.39 is 16.1 Å². The van der Waals surface area contributed by atoms with Crippen molar-refractivity contribution in [3.05, 3.63) is 0 Å². The number of halogens is 2. The van der Waals surface area contributed by atoms with Crippen molar-refractivity contribution in [3.63, 3.8) is 0 Å². The fourth-order valence-corrected chi connectivity index (χ4v) is 1.69. The molecule has 0 spiro atoms. The summed E-state index contributed by atoms with van der Waals surface area (Å²) in [5, 5.41) is 0. The molecule has 0 N–H and O–H groups in total. The van der Waals surface area contributed by atoms with Gasteiger partial charge in [-0.2, -0.15) is 12.7 Å². The molecule has 1 heterocycles. The second-order valence-corrected chi connectivity index (χ2v) is 3.96. The van der Waals surface area contributed by atoms with Gasteiger partial charge in [-0.1, -0.05) is 3.89 Å². The molecule has 0 amide bonds. The molecule has 0 bridgehead atoms. The summed E-state index contributed by atoms with van der Waals surface area (Å²) in [6.45, 7) is 0.492. The lowest BCUT2D eigenvalue weighted by molar-refractivity contribution is 0.0364. The van der Waals surface area contributed by atoms with Crippen molar-refractivity contribution in [1.82, 2.24) is 4.31 Å². The molecule has 0 unspecified atom stereocenters. The molecule has 0 saturated carbocycles. The molecule has 0 aromatic heterocycles. The van der Waals surface area contributed by atoms with Crippen LogP contribution in [0.25, 0.3) is 0 Å². The Morgan fingerprint density at radius 2 is 1.90 bits per heavy atom. The van der Waals surface area contributed by atoms with Crippen LogP contribution >= 0.6 is 0 Å². The molecule has 0 atom stereocenters. The average molecular weight is 171 g/mol. The Morgan fingerprint density at radius 1 is 1.50 bits per heavy atom. The maximum Gasteiger partial charge on any atom is 0.374 e. The minimum absolute atomic E-state index is 0.369. The molecule has 0 aromatic rings. The van der Waals surface area contributed by atoms with Crippen LogP contribution < -0.4 is 0 Å². The molecule has 10 heavy (non-hydrogen) atoms.